The first-order valence-electron chi connectivity index (χ1n) is 4.58. The summed E-state index contributed by atoms with van der Waals surface area (Å²) in [4.78, 5) is 14.8. The molecule has 1 unspecified atom stereocenters. The number of epoxide rings is 1. The van der Waals surface area contributed by atoms with Crippen LogP contribution in [-0.2, 0) is 4.74 Å². The number of ether oxygens (including phenoxy) is 1. The van der Waals surface area contributed by atoms with E-state index >= 15 is 0 Å². The third kappa shape index (κ3) is 1.06. The summed E-state index contributed by atoms with van der Waals surface area (Å²) in [6.45, 7) is 0.568. The van der Waals surface area contributed by atoms with Crippen molar-refractivity contribution in [1.82, 2.24) is 4.98 Å². The van der Waals surface area contributed by atoms with Crippen LogP contribution in [0.4, 0.5) is 0 Å². The number of aromatic amines is 1. The van der Waals surface area contributed by atoms with E-state index in [1.807, 2.05) is 24.3 Å². The number of aromatic nitrogens is 1. The van der Waals surface area contributed by atoms with Gasteiger partial charge in [-0.15, -0.1) is 0 Å². The average molecular weight is 187 g/mol. The SMILES string of the molecule is O=C(c1c[nH]c2ccccc12)C1CO1. The fourth-order valence-corrected chi connectivity index (χ4v) is 1.65. The largest absolute Gasteiger partial charge is 0.364 e. The Morgan fingerprint density at radius 1 is 1.43 bits per heavy atom. The van der Waals surface area contributed by atoms with Crippen LogP contribution < -0.4 is 0 Å². The zero-order valence-electron chi connectivity index (χ0n) is 7.49. The summed E-state index contributed by atoms with van der Waals surface area (Å²) in [5, 5.41) is 0.980. The van der Waals surface area contributed by atoms with Gasteiger partial charge in [-0.2, -0.15) is 0 Å². The molecular weight excluding hydrogens is 178 g/mol. The van der Waals surface area contributed by atoms with Gasteiger partial charge in [-0.3, -0.25) is 4.79 Å². The smallest absolute Gasteiger partial charge is 0.196 e. The van der Waals surface area contributed by atoms with Crippen LogP contribution in [0.5, 0.6) is 0 Å². The van der Waals surface area contributed by atoms with Gasteiger partial charge in [0.25, 0.3) is 0 Å². The lowest BCUT2D eigenvalue weighted by Crippen LogP contribution is -2.05. The molecule has 0 saturated carbocycles. The second-order valence-corrected chi connectivity index (χ2v) is 3.43. The van der Waals surface area contributed by atoms with Gasteiger partial charge >= 0.3 is 0 Å². The van der Waals surface area contributed by atoms with E-state index in [0.717, 1.165) is 16.5 Å². The van der Waals surface area contributed by atoms with E-state index in [1.165, 1.54) is 0 Å². The molecule has 1 fully saturated rings. The maximum Gasteiger partial charge on any atom is 0.196 e. The number of rotatable bonds is 2. The number of carbonyl (C=O) groups is 1. The minimum atomic E-state index is -0.200. The molecule has 70 valence electrons. The number of hydrogen-bond acceptors (Lipinski definition) is 2. The molecule has 0 amide bonds. The summed E-state index contributed by atoms with van der Waals surface area (Å²) in [5.41, 5.74) is 1.74. The van der Waals surface area contributed by atoms with Crippen LogP contribution in [0.2, 0.25) is 0 Å². The van der Waals surface area contributed by atoms with Gasteiger partial charge in [0.05, 0.1) is 6.61 Å². The molecule has 1 saturated heterocycles. The van der Waals surface area contributed by atoms with Crippen molar-refractivity contribution in [1.29, 1.82) is 0 Å². The molecular formula is C11H9NO2. The zero-order valence-corrected chi connectivity index (χ0v) is 7.49. The molecule has 1 aliphatic rings. The van der Waals surface area contributed by atoms with E-state index < -0.39 is 0 Å². The number of ketones is 1. The lowest BCUT2D eigenvalue weighted by molar-refractivity contribution is 0.0955. The van der Waals surface area contributed by atoms with Gasteiger partial charge in [-0.05, 0) is 6.07 Å². The van der Waals surface area contributed by atoms with Crippen molar-refractivity contribution in [3.05, 3.63) is 36.0 Å². The summed E-state index contributed by atoms with van der Waals surface area (Å²) >= 11 is 0. The number of nitrogens with one attached hydrogen (secondary N) is 1. The van der Waals surface area contributed by atoms with Crippen molar-refractivity contribution in [3.63, 3.8) is 0 Å². The van der Waals surface area contributed by atoms with Gasteiger partial charge in [0.2, 0.25) is 0 Å². The molecule has 1 aliphatic heterocycles. The monoisotopic (exact) mass is 187 g/mol. The minimum absolute atomic E-state index is 0.0856. The Morgan fingerprint density at radius 3 is 3.00 bits per heavy atom. The van der Waals surface area contributed by atoms with Crippen LogP contribution in [0, 0.1) is 0 Å². The second-order valence-electron chi connectivity index (χ2n) is 3.43. The van der Waals surface area contributed by atoms with Crippen LogP contribution in [0.3, 0.4) is 0 Å². The molecule has 3 heteroatoms. The van der Waals surface area contributed by atoms with Gasteiger partial charge in [0, 0.05) is 22.7 Å². The van der Waals surface area contributed by atoms with Crippen LogP contribution in [0.25, 0.3) is 10.9 Å². The van der Waals surface area contributed by atoms with E-state index in [4.69, 9.17) is 4.74 Å². The summed E-state index contributed by atoms with van der Waals surface area (Å²) in [6.07, 6.45) is 1.56. The number of benzene rings is 1. The molecule has 0 aliphatic carbocycles. The van der Waals surface area contributed by atoms with Gasteiger partial charge in [0.15, 0.2) is 5.78 Å². The number of hydrogen-bond donors (Lipinski definition) is 1. The molecule has 0 spiro atoms. The van der Waals surface area contributed by atoms with Crippen LogP contribution in [-0.4, -0.2) is 23.5 Å². The summed E-state index contributed by atoms with van der Waals surface area (Å²) < 4.78 is 4.98. The van der Waals surface area contributed by atoms with Crippen molar-refractivity contribution in [2.45, 2.75) is 6.10 Å². The van der Waals surface area contributed by atoms with Crippen molar-refractivity contribution in [2.24, 2.45) is 0 Å². The summed E-state index contributed by atoms with van der Waals surface area (Å²) in [5.74, 6) is 0.0856. The van der Waals surface area contributed by atoms with Crippen LogP contribution in [0.1, 0.15) is 10.4 Å². The lowest BCUT2D eigenvalue weighted by Gasteiger charge is -1.93. The highest BCUT2D eigenvalue weighted by atomic mass is 16.6. The third-order valence-electron chi connectivity index (χ3n) is 2.48. The van der Waals surface area contributed by atoms with E-state index in [2.05, 4.69) is 4.98 Å². The third-order valence-corrected chi connectivity index (χ3v) is 2.48. The Hall–Kier alpha value is -1.61. The highest BCUT2D eigenvalue weighted by Gasteiger charge is 2.33. The van der Waals surface area contributed by atoms with Gasteiger partial charge in [0.1, 0.15) is 6.10 Å². The first-order chi connectivity index (χ1) is 6.86. The predicted octanol–water partition coefficient (Wildman–Crippen LogP) is 1.75. The lowest BCUT2D eigenvalue weighted by atomic mass is 10.1. The van der Waals surface area contributed by atoms with Gasteiger partial charge in [-0.25, -0.2) is 0 Å². The van der Waals surface area contributed by atoms with E-state index in [0.29, 0.717) is 6.61 Å². The van der Waals surface area contributed by atoms with Gasteiger partial charge in [-0.1, -0.05) is 18.2 Å². The highest BCUT2D eigenvalue weighted by molar-refractivity contribution is 6.10. The molecule has 3 rings (SSSR count). The molecule has 1 N–H and O–H groups in total. The molecule has 0 radical (unpaired) electrons. The summed E-state index contributed by atoms with van der Waals surface area (Å²) in [6, 6.07) is 7.78. The zero-order chi connectivity index (χ0) is 9.54. The molecule has 1 atom stereocenters. The Labute approximate surface area is 80.7 Å². The molecule has 1 aromatic carbocycles. The Morgan fingerprint density at radius 2 is 2.21 bits per heavy atom. The number of carbonyl (C=O) groups excluding carboxylic acids is 1. The quantitative estimate of drug-likeness (QED) is 0.575. The first kappa shape index (κ1) is 7.76. The maximum absolute atomic E-state index is 11.7. The molecule has 2 heterocycles. The number of para-hydroxylation sites is 1. The molecule has 1 aromatic heterocycles. The average Bonchev–Trinajstić information content (AvgIpc) is 2.97. The number of Topliss-reactive ketones (excluding diaryl/α,β-unsaturated/α-hetero) is 1. The Bertz CT molecular complexity index is 497. The van der Waals surface area contributed by atoms with Crippen LogP contribution in [0.15, 0.2) is 30.5 Å². The van der Waals surface area contributed by atoms with E-state index in [1.54, 1.807) is 6.20 Å². The minimum Gasteiger partial charge on any atom is -0.364 e. The van der Waals surface area contributed by atoms with Crippen molar-refractivity contribution in [3.8, 4) is 0 Å². The van der Waals surface area contributed by atoms with Crippen molar-refractivity contribution >= 4 is 16.7 Å². The Balaban J connectivity index is 2.16. The van der Waals surface area contributed by atoms with Crippen LogP contribution >= 0.6 is 0 Å². The van der Waals surface area contributed by atoms with Gasteiger partial charge < -0.3 is 9.72 Å². The first-order valence-corrected chi connectivity index (χ1v) is 4.58. The topological polar surface area (TPSA) is 45.4 Å². The fraction of sp³-hybridized carbons (Fsp3) is 0.182. The van der Waals surface area contributed by atoms with Crippen molar-refractivity contribution in [2.75, 3.05) is 6.61 Å². The predicted molar refractivity (Wildman–Crippen MR) is 52.4 cm³/mol. The van der Waals surface area contributed by atoms with E-state index in [-0.39, 0.29) is 11.9 Å². The second kappa shape index (κ2) is 2.69. The number of fused-ring (bicyclic) bond motifs is 1. The standard InChI is InChI=1S/C11H9NO2/c13-11(10-6-14-10)8-5-12-9-4-2-1-3-7(8)9/h1-5,10,12H,6H2. The molecule has 3 nitrogen and oxygen atoms in total. The summed E-state index contributed by atoms with van der Waals surface area (Å²) in [7, 11) is 0. The highest BCUT2D eigenvalue weighted by Crippen LogP contribution is 2.23. The Kier molecular flexibility index (Phi) is 1.49. The normalized spacial score (nSPS) is 19.9. The number of H-pyrrole nitrogens is 1. The van der Waals surface area contributed by atoms with Crippen molar-refractivity contribution < 1.29 is 9.53 Å². The fourth-order valence-electron chi connectivity index (χ4n) is 1.65. The molecule has 0 bridgehead atoms. The molecule has 14 heavy (non-hydrogen) atoms. The molecule has 2 aromatic rings. The maximum atomic E-state index is 11.7. The van der Waals surface area contributed by atoms with E-state index in [9.17, 15) is 4.79 Å².